The number of ether oxygens (including phenoxy) is 3. The van der Waals surface area contributed by atoms with Gasteiger partial charge < -0.3 is 24.8 Å². The number of rotatable bonds is 4. The fourth-order valence-electron chi connectivity index (χ4n) is 4.29. The lowest BCUT2D eigenvalue weighted by molar-refractivity contribution is -0.106. The van der Waals surface area contributed by atoms with Gasteiger partial charge in [0.25, 0.3) is 0 Å². The van der Waals surface area contributed by atoms with Crippen LogP contribution in [0.5, 0.6) is 11.5 Å². The molecule has 3 atom stereocenters. The van der Waals surface area contributed by atoms with Gasteiger partial charge >= 0.3 is 0 Å². The molecule has 6 heteroatoms. The zero-order chi connectivity index (χ0) is 17.4. The van der Waals surface area contributed by atoms with Crippen molar-refractivity contribution in [3.63, 3.8) is 0 Å². The molecule has 1 aromatic rings. The molecule has 2 heterocycles. The molecule has 0 aromatic heterocycles. The Labute approximate surface area is 148 Å². The number of benzene rings is 1. The van der Waals surface area contributed by atoms with E-state index in [2.05, 4.69) is 31.4 Å². The number of fused-ring (bicyclic) bond motifs is 2. The van der Waals surface area contributed by atoms with Crippen LogP contribution in [-0.2, 0) is 11.3 Å². The van der Waals surface area contributed by atoms with Crippen LogP contribution in [-0.4, -0.2) is 38.0 Å². The van der Waals surface area contributed by atoms with E-state index >= 15 is 0 Å². The third-order valence-corrected chi connectivity index (χ3v) is 5.59. The first-order valence-corrected chi connectivity index (χ1v) is 9.14. The molecule has 0 bridgehead atoms. The SMILES string of the molecule is CCNC(=NCc1ccc2c(c1)OCO2)NC1C2CCOC2C1(C)C. The molecular formula is C19H27N3O3. The molecular weight excluding hydrogens is 318 g/mol. The van der Waals surface area contributed by atoms with Gasteiger partial charge in [-0.15, -0.1) is 0 Å². The summed E-state index contributed by atoms with van der Waals surface area (Å²) in [5, 5.41) is 7.01. The Kier molecular flexibility index (Phi) is 4.23. The number of hydrogen-bond donors (Lipinski definition) is 2. The second-order valence-corrected chi connectivity index (χ2v) is 7.57. The molecule has 2 aliphatic heterocycles. The minimum Gasteiger partial charge on any atom is -0.454 e. The lowest BCUT2D eigenvalue weighted by Gasteiger charge is -2.54. The van der Waals surface area contributed by atoms with Gasteiger partial charge in [-0.1, -0.05) is 19.9 Å². The minimum atomic E-state index is 0.135. The lowest BCUT2D eigenvalue weighted by Crippen LogP contribution is -2.67. The Balaban J connectivity index is 1.45. The smallest absolute Gasteiger partial charge is 0.231 e. The first kappa shape index (κ1) is 16.5. The molecule has 3 aliphatic rings. The van der Waals surface area contributed by atoms with Gasteiger partial charge in [-0.05, 0) is 31.0 Å². The monoisotopic (exact) mass is 345 g/mol. The summed E-state index contributed by atoms with van der Waals surface area (Å²) in [5.74, 6) is 3.06. The normalized spacial score (nSPS) is 29.1. The van der Waals surface area contributed by atoms with Gasteiger partial charge in [0, 0.05) is 30.5 Å². The topological polar surface area (TPSA) is 64.1 Å². The summed E-state index contributed by atoms with van der Waals surface area (Å²) in [6, 6.07) is 6.39. The van der Waals surface area contributed by atoms with Crippen molar-refractivity contribution in [2.45, 2.75) is 45.9 Å². The molecule has 1 saturated heterocycles. The van der Waals surface area contributed by atoms with Crippen molar-refractivity contribution in [3.05, 3.63) is 23.8 Å². The number of hydrogen-bond acceptors (Lipinski definition) is 4. The van der Waals surface area contributed by atoms with E-state index in [-0.39, 0.29) is 5.41 Å². The predicted molar refractivity (Wildman–Crippen MR) is 95.9 cm³/mol. The second-order valence-electron chi connectivity index (χ2n) is 7.57. The van der Waals surface area contributed by atoms with Gasteiger partial charge in [0.2, 0.25) is 6.79 Å². The average molecular weight is 345 g/mol. The largest absolute Gasteiger partial charge is 0.454 e. The molecule has 0 spiro atoms. The highest BCUT2D eigenvalue weighted by Crippen LogP contribution is 2.52. The molecule has 4 rings (SSSR count). The fourth-order valence-corrected chi connectivity index (χ4v) is 4.29. The molecule has 3 unspecified atom stereocenters. The van der Waals surface area contributed by atoms with Gasteiger partial charge in [-0.2, -0.15) is 0 Å². The average Bonchev–Trinajstić information content (AvgIpc) is 3.24. The number of guanidine groups is 1. The van der Waals surface area contributed by atoms with Gasteiger partial charge in [0.1, 0.15) is 0 Å². The van der Waals surface area contributed by atoms with Crippen LogP contribution in [0.15, 0.2) is 23.2 Å². The van der Waals surface area contributed by atoms with E-state index in [9.17, 15) is 0 Å². The Bertz CT molecular complexity index is 674. The van der Waals surface area contributed by atoms with E-state index in [4.69, 9.17) is 19.2 Å². The van der Waals surface area contributed by atoms with Crippen molar-refractivity contribution in [3.8, 4) is 11.5 Å². The maximum absolute atomic E-state index is 5.88. The standard InChI is InChI=1S/C19H27N3O3/c1-4-20-18(22-16-13-7-8-23-17(13)19(16,2)3)21-10-12-5-6-14-15(9-12)25-11-24-14/h5-6,9,13,16-17H,4,7-8,10-11H2,1-3H3,(H2,20,21,22). The molecule has 6 nitrogen and oxygen atoms in total. The third kappa shape index (κ3) is 2.92. The highest BCUT2D eigenvalue weighted by atomic mass is 16.7. The van der Waals surface area contributed by atoms with Crippen molar-refractivity contribution < 1.29 is 14.2 Å². The molecule has 136 valence electrons. The molecule has 0 amide bonds. The van der Waals surface area contributed by atoms with Crippen LogP contribution in [0.3, 0.4) is 0 Å². The van der Waals surface area contributed by atoms with Gasteiger partial charge in [0.15, 0.2) is 17.5 Å². The van der Waals surface area contributed by atoms with Crippen LogP contribution in [0.4, 0.5) is 0 Å². The molecule has 1 aliphatic carbocycles. The minimum absolute atomic E-state index is 0.135. The van der Waals surface area contributed by atoms with E-state index in [0.29, 0.717) is 31.4 Å². The Morgan fingerprint density at radius 2 is 2.12 bits per heavy atom. The van der Waals surface area contributed by atoms with Crippen LogP contribution < -0.4 is 20.1 Å². The van der Waals surface area contributed by atoms with E-state index in [0.717, 1.165) is 42.6 Å². The van der Waals surface area contributed by atoms with Crippen LogP contribution in [0.1, 0.15) is 32.8 Å². The van der Waals surface area contributed by atoms with Crippen LogP contribution in [0.2, 0.25) is 0 Å². The molecule has 0 radical (unpaired) electrons. The quantitative estimate of drug-likeness (QED) is 0.647. The van der Waals surface area contributed by atoms with Crippen molar-refractivity contribution in [2.75, 3.05) is 19.9 Å². The molecule has 1 aromatic carbocycles. The molecule has 25 heavy (non-hydrogen) atoms. The number of nitrogens with one attached hydrogen (secondary N) is 2. The first-order valence-electron chi connectivity index (χ1n) is 9.14. The Morgan fingerprint density at radius 3 is 2.96 bits per heavy atom. The Morgan fingerprint density at radius 1 is 1.28 bits per heavy atom. The first-order chi connectivity index (χ1) is 12.1. The van der Waals surface area contributed by atoms with Crippen LogP contribution in [0, 0.1) is 11.3 Å². The summed E-state index contributed by atoms with van der Waals surface area (Å²) in [4.78, 5) is 4.77. The summed E-state index contributed by atoms with van der Waals surface area (Å²) in [7, 11) is 0. The van der Waals surface area contributed by atoms with Crippen molar-refractivity contribution in [1.82, 2.24) is 10.6 Å². The number of aliphatic imine (C=N–C) groups is 1. The molecule has 2 fully saturated rings. The zero-order valence-electron chi connectivity index (χ0n) is 15.2. The van der Waals surface area contributed by atoms with E-state index in [1.54, 1.807) is 0 Å². The van der Waals surface area contributed by atoms with E-state index < -0.39 is 0 Å². The van der Waals surface area contributed by atoms with Gasteiger partial charge in [0.05, 0.1) is 12.6 Å². The van der Waals surface area contributed by atoms with E-state index in [1.165, 1.54) is 0 Å². The maximum Gasteiger partial charge on any atom is 0.231 e. The van der Waals surface area contributed by atoms with Gasteiger partial charge in [-0.25, -0.2) is 4.99 Å². The fraction of sp³-hybridized carbons (Fsp3) is 0.632. The van der Waals surface area contributed by atoms with Crippen molar-refractivity contribution in [1.29, 1.82) is 0 Å². The molecule has 1 saturated carbocycles. The van der Waals surface area contributed by atoms with Crippen molar-refractivity contribution >= 4 is 5.96 Å². The van der Waals surface area contributed by atoms with Crippen LogP contribution in [0.25, 0.3) is 0 Å². The summed E-state index contributed by atoms with van der Waals surface area (Å²) < 4.78 is 16.7. The summed E-state index contributed by atoms with van der Waals surface area (Å²) in [6.07, 6.45) is 1.51. The van der Waals surface area contributed by atoms with Gasteiger partial charge in [-0.3, -0.25) is 0 Å². The number of nitrogens with zero attached hydrogens (tertiary/aromatic N) is 1. The Hall–Kier alpha value is -1.95. The zero-order valence-corrected chi connectivity index (χ0v) is 15.2. The highest BCUT2D eigenvalue weighted by molar-refractivity contribution is 5.80. The van der Waals surface area contributed by atoms with E-state index in [1.807, 2.05) is 18.2 Å². The summed E-state index contributed by atoms with van der Waals surface area (Å²) in [6.45, 7) is 9.26. The molecule has 2 N–H and O–H groups in total. The second kappa shape index (κ2) is 6.41. The third-order valence-electron chi connectivity index (χ3n) is 5.59. The lowest BCUT2D eigenvalue weighted by atomic mass is 9.57. The highest BCUT2D eigenvalue weighted by Gasteiger charge is 2.59. The summed E-state index contributed by atoms with van der Waals surface area (Å²) in [5.41, 5.74) is 1.24. The van der Waals surface area contributed by atoms with Crippen molar-refractivity contribution in [2.24, 2.45) is 16.3 Å². The predicted octanol–water partition coefficient (Wildman–Crippen LogP) is 2.28. The maximum atomic E-state index is 5.88. The summed E-state index contributed by atoms with van der Waals surface area (Å²) >= 11 is 0. The van der Waals surface area contributed by atoms with Crippen LogP contribution >= 0.6 is 0 Å².